The molecule has 7 heteroatoms. The smallest absolute Gasteiger partial charge is 0.238 e. The summed E-state index contributed by atoms with van der Waals surface area (Å²) < 4.78 is 5.43. The van der Waals surface area contributed by atoms with E-state index in [0.29, 0.717) is 0 Å². The molecular weight excluding hydrogens is 290 g/mol. The Morgan fingerprint density at radius 2 is 1.64 bits per heavy atom. The van der Waals surface area contributed by atoms with Crippen LogP contribution >= 0.6 is 0 Å². The Morgan fingerprint density at radius 1 is 0.909 bits per heavy atom. The van der Waals surface area contributed by atoms with E-state index in [0.717, 1.165) is 6.07 Å². The first-order valence-electron chi connectivity index (χ1n) is 6.19. The minimum atomic E-state index is -0.832. The first-order chi connectivity index (χ1) is 10.4. The molecule has 112 valence electrons. The SMILES string of the molecule is Nc1cc(O)c2c(=O)c(O)c(-c3ccc(O)c(O)c3)oc2c1. The fraction of sp³-hybridized carbons (Fsp3) is 0. The molecule has 0 fully saturated rings. The number of nitrogens with two attached hydrogens (primary N) is 1. The third-order valence-corrected chi connectivity index (χ3v) is 3.21. The number of phenols is 3. The molecule has 0 spiro atoms. The summed E-state index contributed by atoms with van der Waals surface area (Å²) in [4.78, 5) is 12.2. The lowest BCUT2D eigenvalue weighted by molar-refractivity contribution is 0.403. The molecule has 0 radical (unpaired) electrons. The highest BCUT2D eigenvalue weighted by atomic mass is 16.4. The molecule has 0 aliphatic heterocycles. The van der Waals surface area contributed by atoms with Gasteiger partial charge in [0, 0.05) is 23.4 Å². The number of hydrogen-bond acceptors (Lipinski definition) is 7. The number of hydrogen-bond donors (Lipinski definition) is 5. The number of nitrogen functional groups attached to an aromatic ring is 1. The van der Waals surface area contributed by atoms with Crippen LogP contribution in [-0.2, 0) is 0 Å². The second-order valence-electron chi connectivity index (χ2n) is 4.73. The summed E-state index contributed by atoms with van der Waals surface area (Å²) >= 11 is 0. The molecule has 0 saturated carbocycles. The highest BCUT2D eigenvalue weighted by Gasteiger charge is 2.19. The Hall–Kier alpha value is -3.35. The van der Waals surface area contributed by atoms with Gasteiger partial charge in [-0.15, -0.1) is 0 Å². The third kappa shape index (κ3) is 1.96. The van der Waals surface area contributed by atoms with E-state index in [2.05, 4.69) is 0 Å². The average molecular weight is 301 g/mol. The number of aromatic hydroxyl groups is 4. The lowest BCUT2D eigenvalue weighted by atomic mass is 10.1. The molecule has 6 N–H and O–H groups in total. The molecule has 0 unspecified atom stereocenters. The van der Waals surface area contributed by atoms with Gasteiger partial charge in [0.1, 0.15) is 16.7 Å². The standard InChI is InChI=1S/C15H11NO6/c16-7-4-10(19)12-11(5-7)22-15(14(21)13(12)20)6-1-2-8(17)9(18)3-6/h1-5,17-19,21H,16H2. The van der Waals surface area contributed by atoms with E-state index in [-0.39, 0.29) is 33.7 Å². The molecule has 0 atom stereocenters. The molecule has 1 aromatic heterocycles. The lowest BCUT2D eigenvalue weighted by Crippen LogP contribution is -2.03. The van der Waals surface area contributed by atoms with Crippen molar-refractivity contribution >= 4 is 16.7 Å². The van der Waals surface area contributed by atoms with Crippen molar-refractivity contribution in [1.29, 1.82) is 0 Å². The quantitative estimate of drug-likeness (QED) is 0.341. The van der Waals surface area contributed by atoms with Crippen molar-refractivity contribution in [1.82, 2.24) is 0 Å². The van der Waals surface area contributed by atoms with E-state index >= 15 is 0 Å². The Kier molecular flexibility index (Phi) is 2.84. The van der Waals surface area contributed by atoms with Crippen LogP contribution in [0.3, 0.4) is 0 Å². The summed E-state index contributed by atoms with van der Waals surface area (Å²) in [6.07, 6.45) is 0. The molecule has 7 nitrogen and oxygen atoms in total. The topological polar surface area (TPSA) is 137 Å². The van der Waals surface area contributed by atoms with Crippen LogP contribution in [0.1, 0.15) is 0 Å². The van der Waals surface area contributed by atoms with E-state index in [1.54, 1.807) is 0 Å². The minimum Gasteiger partial charge on any atom is -0.507 e. The number of anilines is 1. The van der Waals surface area contributed by atoms with Gasteiger partial charge in [-0.05, 0) is 18.2 Å². The van der Waals surface area contributed by atoms with Gasteiger partial charge in [-0.25, -0.2) is 0 Å². The summed E-state index contributed by atoms with van der Waals surface area (Å²) in [5, 5.41) is 38.4. The van der Waals surface area contributed by atoms with E-state index in [9.17, 15) is 25.2 Å². The Morgan fingerprint density at radius 3 is 2.32 bits per heavy atom. The predicted molar refractivity (Wildman–Crippen MR) is 79.0 cm³/mol. The number of rotatable bonds is 1. The van der Waals surface area contributed by atoms with Crippen molar-refractivity contribution < 1.29 is 24.8 Å². The fourth-order valence-corrected chi connectivity index (χ4v) is 2.17. The lowest BCUT2D eigenvalue weighted by Gasteiger charge is -2.08. The summed E-state index contributed by atoms with van der Waals surface area (Å²) in [5.74, 6) is -2.13. The molecule has 2 aromatic carbocycles. The van der Waals surface area contributed by atoms with Crippen LogP contribution < -0.4 is 11.2 Å². The van der Waals surface area contributed by atoms with E-state index in [1.165, 1.54) is 24.3 Å². The molecule has 3 aromatic rings. The highest BCUT2D eigenvalue weighted by Crippen LogP contribution is 2.37. The minimum absolute atomic E-state index is 0.0112. The van der Waals surface area contributed by atoms with Gasteiger partial charge in [0.05, 0.1) is 0 Å². The monoisotopic (exact) mass is 301 g/mol. The normalized spacial score (nSPS) is 10.9. The second-order valence-corrected chi connectivity index (χ2v) is 4.73. The van der Waals surface area contributed by atoms with Gasteiger partial charge in [-0.2, -0.15) is 0 Å². The molecular formula is C15H11NO6. The fourth-order valence-electron chi connectivity index (χ4n) is 2.17. The van der Waals surface area contributed by atoms with Crippen LogP contribution in [0.4, 0.5) is 5.69 Å². The Balaban J connectivity index is 2.38. The van der Waals surface area contributed by atoms with E-state index < -0.39 is 22.7 Å². The van der Waals surface area contributed by atoms with Crippen LogP contribution in [0.5, 0.6) is 23.0 Å². The zero-order chi connectivity index (χ0) is 16.0. The molecule has 0 saturated heterocycles. The summed E-state index contributed by atoms with van der Waals surface area (Å²) in [6.45, 7) is 0. The molecule has 0 aliphatic carbocycles. The van der Waals surface area contributed by atoms with Gasteiger partial charge in [0.25, 0.3) is 0 Å². The van der Waals surface area contributed by atoms with Crippen LogP contribution in [0.15, 0.2) is 39.5 Å². The van der Waals surface area contributed by atoms with Crippen molar-refractivity contribution in [3.05, 3.63) is 40.6 Å². The van der Waals surface area contributed by atoms with Crippen molar-refractivity contribution in [2.75, 3.05) is 5.73 Å². The van der Waals surface area contributed by atoms with E-state index in [1.807, 2.05) is 0 Å². The Labute approximate surface area is 123 Å². The van der Waals surface area contributed by atoms with Crippen molar-refractivity contribution in [2.24, 2.45) is 0 Å². The van der Waals surface area contributed by atoms with Crippen LogP contribution in [0.25, 0.3) is 22.3 Å². The van der Waals surface area contributed by atoms with Gasteiger partial charge in [-0.1, -0.05) is 0 Å². The van der Waals surface area contributed by atoms with Gasteiger partial charge in [0.2, 0.25) is 11.2 Å². The molecule has 1 heterocycles. The van der Waals surface area contributed by atoms with Crippen molar-refractivity contribution in [3.63, 3.8) is 0 Å². The van der Waals surface area contributed by atoms with Crippen molar-refractivity contribution in [3.8, 4) is 34.3 Å². The van der Waals surface area contributed by atoms with Crippen LogP contribution in [-0.4, -0.2) is 20.4 Å². The number of fused-ring (bicyclic) bond motifs is 1. The number of phenolic OH excluding ortho intramolecular Hbond substituents is 3. The maximum Gasteiger partial charge on any atom is 0.238 e. The summed E-state index contributed by atoms with van der Waals surface area (Å²) in [6, 6.07) is 6.17. The highest BCUT2D eigenvalue weighted by molar-refractivity contribution is 5.89. The van der Waals surface area contributed by atoms with Gasteiger partial charge < -0.3 is 30.6 Å². The van der Waals surface area contributed by atoms with Gasteiger partial charge in [-0.3, -0.25) is 4.79 Å². The predicted octanol–water partition coefficient (Wildman–Crippen LogP) is 1.86. The zero-order valence-electron chi connectivity index (χ0n) is 11.1. The van der Waals surface area contributed by atoms with Crippen molar-refractivity contribution in [2.45, 2.75) is 0 Å². The molecule has 22 heavy (non-hydrogen) atoms. The first-order valence-corrected chi connectivity index (χ1v) is 6.19. The Bertz CT molecular complexity index is 960. The molecule has 3 rings (SSSR count). The first kappa shape index (κ1) is 13.6. The van der Waals surface area contributed by atoms with Crippen LogP contribution in [0, 0.1) is 0 Å². The maximum absolute atomic E-state index is 12.2. The molecule has 0 amide bonds. The van der Waals surface area contributed by atoms with Gasteiger partial charge >= 0.3 is 0 Å². The largest absolute Gasteiger partial charge is 0.507 e. The number of benzene rings is 2. The zero-order valence-corrected chi connectivity index (χ0v) is 11.1. The second kappa shape index (κ2) is 4.59. The summed E-state index contributed by atoms with van der Waals surface area (Å²) in [7, 11) is 0. The molecule has 0 aliphatic rings. The van der Waals surface area contributed by atoms with E-state index in [4.69, 9.17) is 10.2 Å². The molecule has 0 bridgehead atoms. The average Bonchev–Trinajstić information content (AvgIpc) is 2.45. The maximum atomic E-state index is 12.2. The van der Waals surface area contributed by atoms with Gasteiger partial charge in [0.15, 0.2) is 17.3 Å². The third-order valence-electron chi connectivity index (χ3n) is 3.21. The van der Waals surface area contributed by atoms with Crippen LogP contribution in [0.2, 0.25) is 0 Å². The summed E-state index contributed by atoms with van der Waals surface area (Å²) in [5.41, 5.74) is 5.10.